The summed E-state index contributed by atoms with van der Waals surface area (Å²) < 4.78 is 17.0. The molecule has 5 amide bonds. The van der Waals surface area contributed by atoms with Gasteiger partial charge in [-0.1, -0.05) is 44.2 Å². The van der Waals surface area contributed by atoms with Gasteiger partial charge in [-0.15, -0.1) is 0 Å². The van der Waals surface area contributed by atoms with Crippen LogP contribution in [-0.4, -0.2) is 85.7 Å². The van der Waals surface area contributed by atoms with Crippen LogP contribution < -0.4 is 40.8 Å². The minimum Gasteiger partial charge on any atom is -0.508 e. The molecule has 0 fully saturated rings. The Morgan fingerprint density at radius 1 is 0.926 bits per heavy atom. The Morgan fingerprint density at radius 3 is 2.35 bits per heavy atom. The van der Waals surface area contributed by atoms with Crippen LogP contribution in [-0.2, 0) is 32.0 Å². The number of methoxy groups -OCH3 is 1. The highest BCUT2D eigenvalue weighted by atomic mass is 16.5. The van der Waals surface area contributed by atoms with Gasteiger partial charge in [-0.2, -0.15) is 0 Å². The van der Waals surface area contributed by atoms with Crippen molar-refractivity contribution in [3.63, 3.8) is 0 Å². The lowest BCUT2D eigenvalue weighted by Gasteiger charge is -2.27. The molecular weight excluding hydrogens is 694 g/mol. The molecule has 14 heteroatoms. The smallest absolute Gasteiger partial charge is 0.255 e. The van der Waals surface area contributed by atoms with Crippen molar-refractivity contribution in [3.05, 3.63) is 83.4 Å². The van der Waals surface area contributed by atoms with Crippen molar-refractivity contribution >= 4 is 29.5 Å². The van der Waals surface area contributed by atoms with E-state index in [4.69, 9.17) is 14.2 Å². The molecule has 54 heavy (non-hydrogen) atoms. The van der Waals surface area contributed by atoms with E-state index in [1.54, 1.807) is 58.2 Å². The van der Waals surface area contributed by atoms with Crippen LogP contribution in [0.3, 0.4) is 0 Å². The fourth-order valence-corrected chi connectivity index (χ4v) is 5.89. The molecule has 4 atom stereocenters. The van der Waals surface area contributed by atoms with Crippen molar-refractivity contribution in [2.24, 2.45) is 5.92 Å². The van der Waals surface area contributed by atoms with Gasteiger partial charge in [0.1, 0.15) is 36.2 Å². The number of nitrogens with one attached hydrogen (secondary N) is 5. The Hall–Kier alpha value is -5.79. The predicted molar refractivity (Wildman–Crippen MR) is 201 cm³/mol. The zero-order valence-electron chi connectivity index (χ0n) is 31.4. The van der Waals surface area contributed by atoms with E-state index >= 15 is 0 Å². The van der Waals surface area contributed by atoms with Crippen molar-refractivity contribution < 1.29 is 43.3 Å². The van der Waals surface area contributed by atoms with Crippen LogP contribution in [0.2, 0.25) is 0 Å². The van der Waals surface area contributed by atoms with E-state index in [9.17, 15) is 29.1 Å². The lowest BCUT2D eigenvalue weighted by molar-refractivity contribution is -0.133. The van der Waals surface area contributed by atoms with E-state index in [1.807, 2.05) is 25.1 Å². The molecule has 0 bridgehead atoms. The summed E-state index contributed by atoms with van der Waals surface area (Å²) in [6.07, 6.45) is 0.665. The summed E-state index contributed by atoms with van der Waals surface area (Å²) in [6, 6.07) is 14.3. The largest absolute Gasteiger partial charge is 0.508 e. The zero-order valence-corrected chi connectivity index (χ0v) is 31.4. The lowest BCUT2D eigenvalue weighted by atomic mass is 10.0. The predicted octanol–water partition coefficient (Wildman–Crippen LogP) is 2.80. The summed E-state index contributed by atoms with van der Waals surface area (Å²) in [7, 11) is 1.57. The maximum Gasteiger partial charge on any atom is 0.255 e. The Morgan fingerprint density at radius 2 is 1.65 bits per heavy atom. The van der Waals surface area contributed by atoms with Crippen molar-refractivity contribution in [2.45, 2.75) is 77.5 Å². The molecule has 1 aliphatic heterocycles. The minimum absolute atomic E-state index is 0.00244. The number of ether oxygens (including phenoxy) is 3. The second-order valence-electron chi connectivity index (χ2n) is 13.5. The van der Waals surface area contributed by atoms with E-state index < -0.39 is 60.1 Å². The summed E-state index contributed by atoms with van der Waals surface area (Å²) >= 11 is 0. The van der Waals surface area contributed by atoms with Gasteiger partial charge in [0.25, 0.3) is 5.91 Å². The molecule has 1 aliphatic rings. The van der Waals surface area contributed by atoms with Crippen LogP contribution in [0.4, 0.5) is 0 Å². The third kappa shape index (κ3) is 11.9. The van der Waals surface area contributed by atoms with Crippen LogP contribution in [0.25, 0.3) is 0 Å². The number of rotatable bonds is 11. The number of hydrogen-bond acceptors (Lipinski definition) is 9. The van der Waals surface area contributed by atoms with Gasteiger partial charge in [-0.05, 0) is 80.1 Å². The van der Waals surface area contributed by atoms with Gasteiger partial charge in [-0.3, -0.25) is 24.0 Å². The quantitative estimate of drug-likeness (QED) is 0.160. The highest BCUT2D eigenvalue weighted by Crippen LogP contribution is 2.28. The number of aryl methyl sites for hydroxylation is 1. The number of amides is 5. The summed E-state index contributed by atoms with van der Waals surface area (Å²) in [5.74, 6) is -1.84. The van der Waals surface area contributed by atoms with E-state index in [0.29, 0.717) is 36.5 Å². The molecule has 0 aliphatic carbocycles. The summed E-state index contributed by atoms with van der Waals surface area (Å²) in [5, 5.41) is 23.7. The summed E-state index contributed by atoms with van der Waals surface area (Å²) in [5.41, 5.74) is 1.73. The van der Waals surface area contributed by atoms with Gasteiger partial charge >= 0.3 is 0 Å². The number of phenolic OH excluding ortho intramolecular Hbond substituents is 1. The van der Waals surface area contributed by atoms with Crippen LogP contribution in [0.15, 0.2) is 66.7 Å². The second kappa shape index (κ2) is 19.9. The fraction of sp³-hybridized carbons (Fsp3) is 0.425. The van der Waals surface area contributed by atoms with Crippen LogP contribution in [0.1, 0.15) is 62.0 Å². The van der Waals surface area contributed by atoms with Crippen molar-refractivity contribution in [2.75, 3.05) is 26.9 Å². The standard InChI is InChI=1S/C40H51N5O9/c1-6-53-33-18-15-26(21-34(33)52-5)10-9-19-41-38(49)31-22-35(47)43-30(20-27-13-16-28(46)17-14-27)39(50)45-36(24(2)3)40(51)42-25(4)23-54-32-12-8-7-11-29(32)37(48)44-31/h7-8,11-18,21,24-25,30-31,36,46H,6,9-10,19-20,22-23H2,1-5H3,(H,41,49)(H,42,51)(H,43,47)(H,44,48)(H,45,50)/t25-,30-,31-,36+/m0/s1. The third-order valence-electron chi connectivity index (χ3n) is 8.76. The van der Waals surface area contributed by atoms with Gasteiger partial charge in [-0.25, -0.2) is 0 Å². The molecule has 4 rings (SSSR count). The summed E-state index contributed by atoms with van der Waals surface area (Å²) in [6.45, 7) is 7.93. The minimum atomic E-state index is -1.32. The van der Waals surface area contributed by atoms with Gasteiger partial charge in [0.05, 0.1) is 31.7 Å². The lowest BCUT2D eigenvalue weighted by Crippen LogP contribution is -2.57. The monoisotopic (exact) mass is 745 g/mol. The maximum atomic E-state index is 13.8. The Labute approximate surface area is 315 Å². The fourth-order valence-electron chi connectivity index (χ4n) is 5.89. The topological polar surface area (TPSA) is 193 Å². The average molecular weight is 746 g/mol. The molecule has 0 unspecified atom stereocenters. The molecule has 3 aromatic carbocycles. The first-order valence-electron chi connectivity index (χ1n) is 18.2. The normalized spacial score (nSPS) is 19.9. The number of phenols is 1. The molecule has 6 N–H and O–H groups in total. The van der Waals surface area contributed by atoms with Crippen LogP contribution in [0, 0.1) is 5.92 Å². The highest BCUT2D eigenvalue weighted by molar-refractivity contribution is 6.01. The SMILES string of the molecule is CCOc1ccc(CCCNC(=O)[C@@H]2CC(=O)N[C@@H](Cc3ccc(O)cc3)C(=O)N[C@H](C(C)C)C(=O)N[C@@H](C)COc3ccccc3C(=O)N2)cc1OC. The molecule has 0 saturated heterocycles. The van der Waals surface area contributed by atoms with Crippen LogP contribution >= 0.6 is 0 Å². The first kappa shape index (κ1) is 41.0. The number of para-hydroxylation sites is 1. The number of hydrogen-bond donors (Lipinski definition) is 6. The molecular formula is C40H51N5O9. The Balaban J connectivity index is 1.58. The number of aromatic hydroxyl groups is 1. The average Bonchev–Trinajstić information content (AvgIpc) is 3.14. The van der Waals surface area contributed by atoms with E-state index in [1.165, 1.54) is 18.2 Å². The van der Waals surface area contributed by atoms with Gasteiger partial charge in [0.2, 0.25) is 23.6 Å². The number of benzene rings is 3. The van der Waals surface area contributed by atoms with Crippen LogP contribution in [0.5, 0.6) is 23.0 Å². The Bertz CT molecular complexity index is 1760. The number of carbonyl (C=O) groups is 5. The van der Waals surface area contributed by atoms with Crippen molar-refractivity contribution in [1.82, 2.24) is 26.6 Å². The first-order chi connectivity index (χ1) is 25.9. The molecule has 0 saturated carbocycles. The third-order valence-corrected chi connectivity index (χ3v) is 8.76. The number of fused-ring (bicyclic) bond motifs is 1. The van der Waals surface area contributed by atoms with E-state index in [2.05, 4.69) is 26.6 Å². The second-order valence-corrected chi connectivity index (χ2v) is 13.5. The van der Waals surface area contributed by atoms with Gasteiger partial charge < -0.3 is 45.9 Å². The van der Waals surface area contributed by atoms with Gasteiger partial charge in [0, 0.05) is 13.0 Å². The van der Waals surface area contributed by atoms with Gasteiger partial charge in [0.15, 0.2) is 11.5 Å². The van der Waals surface area contributed by atoms with E-state index in [0.717, 1.165) is 5.56 Å². The Kier molecular flexibility index (Phi) is 15.1. The molecule has 1 heterocycles. The van der Waals surface area contributed by atoms with Crippen molar-refractivity contribution in [1.29, 1.82) is 0 Å². The highest BCUT2D eigenvalue weighted by Gasteiger charge is 2.32. The van der Waals surface area contributed by atoms with Crippen molar-refractivity contribution in [3.8, 4) is 23.0 Å². The van der Waals surface area contributed by atoms with E-state index in [-0.39, 0.29) is 42.6 Å². The molecule has 0 radical (unpaired) electrons. The summed E-state index contributed by atoms with van der Waals surface area (Å²) in [4.78, 5) is 68.2. The molecule has 3 aromatic rings. The molecule has 290 valence electrons. The maximum absolute atomic E-state index is 13.8. The molecule has 0 spiro atoms. The first-order valence-corrected chi connectivity index (χ1v) is 18.2. The number of carbonyl (C=O) groups excluding carboxylic acids is 5. The molecule has 0 aromatic heterocycles. The molecule has 14 nitrogen and oxygen atoms in total. The zero-order chi connectivity index (χ0) is 39.2.